The van der Waals surface area contributed by atoms with Crippen LogP contribution in [0.2, 0.25) is 0 Å². The van der Waals surface area contributed by atoms with Crippen molar-refractivity contribution in [1.29, 1.82) is 0 Å². The van der Waals surface area contributed by atoms with Gasteiger partial charge >= 0.3 is 0 Å². The molecule has 164 valence electrons. The molecule has 0 bridgehead atoms. The summed E-state index contributed by atoms with van der Waals surface area (Å²) >= 11 is 1.30. The quantitative estimate of drug-likeness (QED) is 0.646. The second kappa shape index (κ2) is 8.80. The van der Waals surface area contributed by atoms with E-state index in [1.54, 1.807) is 42.3 Å². The molecule has 2 aliphatic heterocycles. The van der Waals surface area contributed by atoms with Gasteiger partial charge in [-0.25, -0.2) is 8.42 Å². The van der Waals surface area contributed by atoms with E-state index in [2.05, 4.69) is 4.99 Å². The topological polar surface area (TPSA) is 94.5 Å². The van der Waals surface area contributed by atoms with Crippen molar-refractivity contribution in [2.45, 2.75) is 11.3 Å². The number of para-hydroxylation sites is 1. The van der Waals surface area contributed by atoms with Crippen LogP contribution < -0.4 is 19.1 Å². The number of amidine groups is 1. The van der Waals surface area contributed by atoms with Gasteiger partial charge in [0.15, 0.2) is 21.6 Å². The van der Waals surface area contributed by atoms with Crippen molar-refractivity contribution in [2.24, 2.45) is 4.99 Å². The Bertz CT molecular complexity index is 1100. The zero-order valence-corrected chi connectivity index (χ0v) is 18.7. The number of methoxy groups -OCH3 is 2. The van der Waals surface area contributed by atoms with Crippen LogP contribution in [0.1, 0.15) is 0 Å². The first-order valence-corrected chi connectivity index (χ1v) is 12.3. The first-order valence-electron chi connectivity index (χ1n) is 9.58. The standard InChI is InChI=1S/C21H22N2O6S2/c1-27-15-8-9-16(18(10-15)28-2)23-17-12-31(25,26)13-19(17)30-21(23)22-20(24)11-29-14-6-4-3-5-7-14/h3-10,17,19H,11-13H2,1-2H3/t17-,19+/m0/s1. The van der Waals surface area contributed by atoms with E-state index in [1.165, 1.54) is 18.9 Å². The number of fused-ring (bicyclic) bond motifs is 1. The lowest BCUT2D eigenvalue weighted by Gasteiger charge is -2.26. The van der Waals surface area contributed by atoms with Crippen molar-refractivity contribution in [2.75, 3.05) is 37.2 Å². The second-order valence-electron chi connectivity index (χ2n) is 7.10. The molecular weight excluding hydrogens is 440 g/mol. The number of aliphatic imine (C=N–C) groups is 1. The van der Waals surface area contributed by atoms with Crippen LogP contribution in [-0.2, 0) is 14.6 Å². The van der Waals surface area contributed by atoms with Gasteiger partial charge in [-0.3, -0.25) is 4.79 Å². The lowest BCUT2D eigenvalue weighted by molar-refractivity contribution is -0.119. The number of hydrogen-bond acceptors (Lipinski definition) is 7. The minimum atomic E-state index is -3.17. The van der Waals surface area contributed by atoms with E-state index in [9.17, 15) is 13.2 Å². The van der Waals surface area contributed by atoms with Gasteiger partial charge in [0.05, 0.1) is 37.5 Å². The van der Waals surface area contributed by atoms with Gasteiger partial charge in [0.25, 0.3) is 5.91 Å². The lowest BCUT2D eigenvalue weighted by Crippen LogP contribution is -2.38. The number of nitrogens with zero attached hydrogens (tertiary/aromatic N) is 2. The average molecular weight is 463 g/mol. The highest BCUT2D eigenvalue weighted by atomic mass is 32.2. The Labute approximate surface area is 185 Å². The maximum atomic E-state index is 12.5. The Morgan fingerprint density at radius 3 is 2.58 bits per heavy atom. The molecule has 0 radical (unpaired) electrons. The molecule has 10 heteroatoms. The van der Waals surface area contributed by atoms with E-state index in [4.69, 9.17) is 14.2 Å². The van der Waals surface area contributed by atoms with E-state index >= 15 is 0 Å². The predicted octanol–water partition coefficient (Wildman–Crippen LogP) is 2.38. The van der Waals surface area contributed by atoms with Gasteiger partial charge in [-0.05, 0) is 24.3 Å². The number of carbonyl (C=O) groups excluding carboxylic acids is 1. The first-order chi connectivity index (χ1) is 14.9. The number of amides is 1. The third kappa shape index (κ3) is 4.64. The van der Waals surface area contributed by atoms with Gasteiger partial charge in [-0.2, -0.15) is 4.99 Å². The summed E-state index contributed by atoms with van der Waals surface area (Å²) in [5.74, 6) is 1.27. The molecule has 31 heavy (non-hydrogen) atoms. The van der Waals surface area contributed by atoms with E-state index < -0.39 is 15.7 Å². The van der Waals surface area contributed by atoms with E-state index in [1.807, 2.05) is 18.2 Å². The monoisotopic (exact) mass is 462 g/mol. The molecule has 0 N–H and O–H groups in total. The molecule has 0 spiro atoms. The Kier molecular flexibility index (Phi) is 6.10. The first kappa shape index (κ1) is 21.5. The molecule has 0 aliphatic carbocycles. The number of thioether (sulfide) groups is 1. The average Bonchev–Trinajstić information content (AvgIpc) is 3.23. The van der Waals surface area contributed by atoms with Crippen molar-refractivity contribution >= 4 is 38.4 Å². The number of sulfone groups is 1. The SMILES string of the molecule is COc1ccc(N2C(=NC(=O)COc3ccccc3)S[C@@H]3CS(=O)(=O)C[C@@H]32)c(OC)c1. The molecule has 0 aromatic heterocycles. The highest BCUT2D eigenvalue weighted by molar-refractivity contribution is 8.16. The summed E-state index contributed by atoms with van der Waals surface area (Å²) in [5.41, 5.74) is 0.635. The number of anilines is 1. The summed E-state index contributed by atoms with van der Waals surface area (Å²) in [6, 6.07) is 13.9. The van der Waals surface area contributed by atoms with Crippen LogP contribution in [0.15, 0.2) is 53.5 Å². The van der Waals surface area contributed by atoms with Crippen molar-refractivity contribution in [3.8, 4) is 17.2 Å². The summed E-state index contributed by atoms with van der Waals surface area (Å²) in [7, 11) is -0.0882. The minimum absolute atomic E-state index is 0.00637. The lowest BCUT2D eigenvalue weighted by atomic mass is 10.2. The van der Waals surface area contributed by atoms with Crippen molar-refractivity contribution in [3.63, 3.8) is 0 Å². The van der Waals surface area contributed by atoms with E-state index in [-0.39, 0.29) is 29.4 Å². The van der Waals surface area contributed by atoms with Crippen LogP contribution in [0.25, 0.3) is 0 Å². The molecule has 2 aliphatic rings. The fourth-order valence-electron chi connectivity index (χ4n) is 3.63. The summed E-state index contributed by atoms with van der Waals surface area (Å²) in [4.78, 5) is 18.6. The number of benzene rings is 2. The number of carbonyl (C=O) groups is 1. The van der Waals surface area contributed by atoms with Gasteiger partial charge < -0.3 is 19.1 Å². The number of hydrogen-bond donors (Lipinski definition) is 0. The summed E-state index contributed by atoms with van der Waals surface area (Å²) in [6.45, 7) is -0.213. The molecule has 2 saturated heterocycles. The smallest absolute Gasteiger partial charge is 0.285 e. The fraction of sp³-hybridized carbons (Fsp3) is 0.333. The van der Waals surface area contributed by atoms with Gasteiger partial charge in [0.2, 0.25) is 0 Å². The molecule has 2 atom stereocenters. The van der Waals surface area contributed by atoms with Crippen LogP contribution in [0.5, 0.6) is 17.2 Å². The zero-order valence-electron chi connectivity index (χ0n) is 17.1. The van der Waals surface area contributed by atoms with Gasteiger partial charge in [0.1, 0.15) is 17.2 Å². The second-order valence-corrected chi connectivity index (χ2v) is 10.5. The molecule has 8 nitrogen and oxygen atoms in total. The molecular formula is C21H22N2O6S2. The largest absolute Gasteiger partial charge is 0.497 e. The molecule has 0 saturated carbocycles. The third-order valence-corrected chi connectivity index (χ3v) is 8.25. The Morgan fingerprint density at radius 2 is 1.87 bits per heavy atom. The van der Waals surface area contributed by atoms with Crippen LogP contribution in [-0.4, -0.2) is 63.1 Å². The molecule has 2 heterocycles. The normalized spacial score (nSPS) is 22.9. The van der Waals surface area contributed by atoms with E-state index in [0.717, 1.165) is 0 Å². The fourth-order valence-corrected chi connectivity index (χ4v) is 7.56. The maximum absolute atomic E-state index is 12.5. The Balaban J connectivity index is 1.63. The molecule has 2 fully saturated rings. The Morgan fingerprint density at radius 1 is 1.10 bits per heavy atom. The molecule has 4 rings (SSSR count). The van der Waals surface area contributed by atoms with Gasteiger partial charge in [0, 0.05) is 11.3 Å². The summed E-state index contributed by atoms with van der Waals surface area (Å²) < 4.78 is 40.8. The molecule has 0 unspecified atom stereocenters. The third-order valence-electron chi connectivity index (χ3n) is 5.04. The summed E-state index contributed by atoms with van der Waals surface area (Å²) in [6.07, 6.45) is 0. The molecule has 2 aromatic carbocycles. The van der Waals surface area contributed by atoms with Crippen molar-refractivity contribution in [3.05, 3.63) is 48.5 Å². The highest BCUT2D eigenvalue weighted by Crippen LogP contribution is 2.44. The van der Waals surface area contributed by atoms with E-state index in [0.29, 0.717) is 28.1 Å². The summed E-state index contributed by atoms with van der Waals surface area (Å²) in [5, 5.41) is 0.230. The van der Waals surface area contributed by atoms with Crippen LogP contribution in [0.4, 0.5) is 5.69 Å². The van der Waals surface area contributed by atoms with Crippen LogP contribution >= 0.6 is 11.8 Å². The van der Waals surface area contributed by atoms with Crippen LogP contribution in [0, 0.1) is 0 Å². The number of rotatable bonds is 6. The zero-order chi connectivity index (χ0) is 22.0. The van der Waals surface area contributed by atoms with Crippen LogP contribution in [0.3, 0.4) is 0 Å². The molecule has 1 amide bonds. The predicted molar refractivity (Wildman–Crippen MR) is 120 cm³/mol. The minimum Gasteiger partial charge on any atom is -0.497 e. The van der Waals surface area contributed by atoms with Crippen molar-refractivity contribution in [1.82, 2.24) is 0 Å². The van der Waals surface area contributed by atoms with Gasteiger partial charge in [-0.15, -0.1) is 0 Å². The number of ether oxygens (including phenoxy) is 3. The molecule has 2 aromatic rings. The Hall–Kier alpha value is -2.72. The highest BCUT2D eigenvalue weighted by Gasteiger charge is 2.50. The van der Waals surface area contributed by atoms with Crippen molar-refractivity contribution < 1.29 is 27.4 Å². The maximum Gasteiger partial charge on any atom is 0.285 e. The van der Waals surface area contributed by atoms with Gasteiger partial charge in [-0.1, -0.05) is 30.0 Å².